The predicted molar refractivity (Wildman–Crippen MR) is 95.4 cm³/mol. The minimum atomic E-state index is 0.0127. The summed E-state index contributed by atoms with van der Waals surface area (Å²) in [7, 11) is 0. The first-order chi connectivity index (χ1) is 11.1. The van der Waals surface area contributed by atoms with Crippen LogP contribution in [0, 0.1) is 6.92 Å². The third kappa shape index (κ3) is 3.42. The summed E-state index contributed by atoms with van der Waals surface area (Å²) in [6.45, 7) is 4.10. The molecule has 2 heteroatoms. The molecule has 0 saturated heterocycles. The van der Waals surface area contributed by atoms with Crippen LogP contribution in [0.1, 0.15) is 29.7 Å². The summed E-state index contributed by atoms with van der Waals surface area (Å²) in [4.78, 5) is 12.4. The zero-order valence-corrected chi connectivity index (χ0v) is 13.5. The molecule has 1 atom stereocenters. The first-order valence-corrected chi connectivity index (χ1v) is 7.96. The monoisotopic (exact) mass is 303 g/mol. The molecule has 1 N–H and O–H groups in total. The summed E-state index contributed by atoms with van der Waals surface area (Å²) in [6, 6.07) is 22.5. The maximum absolute atomic E-state index is 12.4. The Hall–Kier alpha value is -2.61. The van der Waals surface area contributed by atoms with Crippen molar-refractivity contribution in [2.45, 2.75) is 26.3 Å². The number of fused-ring (bicyclic) bond motifs is 1. The molecule has 0 bridgehead atoms. The van der Waals surface area contributed by atoms with Gasteiger partial charge < -0.3 is 5.32 Å². The Morgan fingerprint density at radius 2 is 1.65 bits per heavy atom. The fourth-order valence-corrected chi connectivity index (χ4v) is 3.06. The van der Waals surface area contributed by atoms with Crippen LogP contribution in [-0.2, 0) is 11.2 Å². The van der Waals surface area contributed by atoms with Gasteiger partial charge in [-0.15, -0.1) is 0 Å². The molecule has 0 aliphatic carbocycles. The molecule has 0 aromatic heterocycles. The van der Waals surface area contributed by atoms with Crippen LogP contribution in [-0.4, -0.2) is 5.91 Å². The SMILES string of the molecule is Cc1ccccc1C(C)NC(=O)Cc1cccc2ccccc12. The van der Waals surface area contributed by atoms with Crippen molar-refractivity contribution in [2.24, 2.45) is 0 Å². The summed E-state index contributed by atoms with van der Waals surface area (Å²) < 4.78 is 0. The lowest BCUT2D eigenvalue weighted by Gasteiger charge is -2.17. The molecule has 3 aromatic carbocycles. The first kappa shape index (κ1) is 15.3. The van der Waals surface area contributed by atoms with Crippen molar-refractivity contribution < 1.29 is 4.79 Å². The molecule has 1 unspecified atom stereocenters. The fourth-order valence-electron chi connectivity index (χ4n) is 3.06. The third-order valence-electron chi connectivity index (χ3n) is 4.26. The third-order valence-corrected chi connectivity index (χ3v) is 4.26. The van der Waals surface area contributed by atoms with E-state index in [0.717, 1.165) is 10.9 Å². The van der Waals surface area contributed by atoms with Crippen molar-refractivity contribution in [2.75, 3.05) is 0 Å². The molecule has 3 rings (SSSR count). The van der Waals surface area contributed by atoms with Crippen LogP contribution in [0.3, 0.4) is 0 Å². The maximum Gasteiger partial charge on any atom is 0.224 e. The lowest BCUT2D eigenvalue weighted by atomic mass is 10.0. The molecule has 0 radical (unpaired) electrons. The van der Waals surface area contributed by atoms with E-state index in [0.29, 0.717) is 6.42 Å². The van der Waals surface area contributed by atoms with Gasteiger partial charge in [0.2, 0.25) is 5.91 Å². The van der Waals surface area contributed by atoms with Gasteiger partial charge in [-0.3, -0.25) is 4.79 Å². The fraction of sp³-hybridized carbons (Fsp3) is 0.190. The Kier molecular flexibility index (Phi) is 4.42. The second kappa shape index (κ2) is 6.66. The Morgan fingerprint density at radius 3 is 2.48 bits per heavy atom. The average molecular weight is 303 g/mol. The molecule has 0 aliphatic rings. The summed E-state index contributed by atoms with van der Waals surface area (Å²) in [5.41, 5.74) is 3.43. The van der Waals surface area contributed by atoms with Crippen LogP contribution < -0.4 is 5.32 Å². The number of nitrogens with one attached hydrogen (secondary N) is 1. The van der Waals surface area contributed by atoms with Gasteiger partial charge in [-0.2, -0.15) is 0 Å². The van der Waals surface area contributed by atoms with Crippen molar-refractivity contribution in [3.63, 3.8) is 0 Å². The van der Waals surface area contributed by atoms with Crippen LogP contribution in [0.15, 0.2) is 66.7 Å². The number of carbonyl (C=O) groups is 1. The van der Waals surface area contributed by atoms with Crippen LogP contribution in [0.25, 0.3) is 10.8 Å². The molecule has 0 spiro atoms. The van der Waals surface area contributed by atoms with Crippen LogP contribution in [0.4, 0.5) is 0 Å². The highest BCUT2D eigenvalue weighted by atomic mass is 16.1. The van der Waals surface area contributed by atoms with E-state index in [4.69, 9.17) is 0 Å². The van der Waals surface area contributed by atoms with Crippen LogP contribution >= 0.6 is 0 Å². The number of benzene rings is 3. The summed E-state index contributed by atoms with van der Waals surface area (Å²) in [5, 5.41) is 5.43. The van der Waals surface area contributed by atoms with Crippen molar-refractivity contribution in [3.05, 3.63) is 83.4 Å². The van der Waals surface area contributed by atoms with E-state index < -0.39 is 0 Å². The zero-order chi connectivity index (χ0) is 16.2. The lowest BCUT2D eigenvalue weighted by Crippen LogP contribution is -2.28. The number of rotatable bonds is 4. The van der Waals surface area contributed by atoms with Gasteiger partial charge in [-0.25, -0.2) is 0 Å². The van der Waals surface area contributed by atoms with Gasteiger partial charge in [0.1, 0.15) is 0 Å². The maximum atomic E-state index is 12.4. The molecule has 3 aromatic rings. The van der Waals surface area contributed by atoms with E-state index >= 15 is 0 Å². The summed E-state index contributed by atoms with van der Waals surface area (Å²) in [5.74, 6) is 0.0529. The summed E-state index contributed by atoms with van der Waals surface area (Å²) >= 11 is 0. The molecule has 116 valence electrons. The molecule has 0 saturated carbocycles. The van der Waals surface area contributed by atoms with Gasteiger partial charge in [-0.1, -0.05) is 66.7 Å². The second-order valence-corrected chi connectivity index (χ2v) is 5.96. The van der Waals surface area contributed by atoms with Gasteiger partial charge in [0.25, 0.3) is 0 Å². The number of hydrogen-bond acceptors (Lipinski definition) is 1. The van der Waals surface area contributed by atoms with Gasteiger partial charge in [0.15, 0.2) is 0 Å². The normalized spacial score (nSPS) is 12.1. The summed E-state index contributed by atoms with van der Waals surface area (Å²) in [6.07, 6.45) is 0.400. The highest BCUT2D eigenvalue weighted by Crippen LogP contribution is 2.20. The smallest absolute Gasteiger partial charge is 0.224 e. The number of hydrogen-bond donors (Lipinski definition) is 1. The van der Waals surface area contributed by atoms with Gasteiger partial charge in [0, 0.05) is 0 Å². The quantitative estimate of drug-likeness (QED) is 0.751. The molecular weight excluding hydrogens is 282 g/mol. The van der Waals surface area contributed by atoms with Crippen LogP contribution in [0.5, 0.6) is 0 Å². The van der Waals surface area contributed by atoms with Gasteiger partial charge in [-0.05, 0) is 41.3 Å². The van der Waals surface area contributed by atoms with E-state index in [-0.39, 0.29) is 11.9 Å². The first-order valence-electron chi connectivity index (χ1n) is 7.96. The number of carbonyl (C=O) groups excluding carboxylic acids is 1. The molecule has 0 aliphatic heterocycles. The predicted octanol–water partition coefficient (Wildman–Crippen LogP) is 4.57. The second-order valence-electron chi connectivity index (χ2n) is 5.96. The number of amides is 1. The number of aryl methyl sites for hydroxylation is 1. The Balaban J connectivity index is 1.75. The van der Waals surface area contributed by atoms with Crippen molar-refractivity contribution in [1.29, 1.82) is 0 Å². The van der Waals surface area contributed by atoms with E-state index in [9.17, 15) is 4.79 Å². The van der Waals surface area contributed by atoms with Crippen molar-refractivity contribution in [3.8, 4) is 0 Å². The average Bonchev–Trinajstić information content (AvgIpc) is 2.55. The van der Waals surface area contributed by atoms with Crippen molar-refractivity contribution in [1.82, 2.24) is 5.32 Å². The van der Waals surface area contributed by atoms with E-state index in [1.165, 1.54) is 16.5 Å². The zero-order valence-electron chi connectivity index (χ0n) is 13.5. The molecule has 0 heterocycles. The van der Waals surface area contributed by atoms with Crippen LogP contribution in [0.2, 0.25) is 0 Å². The molecule has 23 heavy (non-hydrogen) atoms. The largest absolute Gasteiger partial charge is 0.349 e. The van der Waals surface area contributed by atoms with E-state index in [1.807, 2.05) is 43.3 Å². The molecule has 1 amide bonds. The van der Waals surface area contributed by atoms with Crippen molar-refractivity contribution >= 4 is 16.7 Å². The van der Waals surface area contributed by atoms with E-state index in [1.54, 1.807) is 0 Å². The standard InChI is InChI=1S/C21H21NO/c1-15-8-3-5-12-19(15)16(2)22-21(23)14-18-11-7-10-17-9-4-6-13-20(17)18/h3-13,16H,14H2,1-2H3,(H,22,23). The Labute approximate surface area is 137 Å². The van der Waals surface area contributed by atoms with Gasteiger partial charge in [0.05, 0.1) is 12.5 Å². The minimum Gasteiger partial charge on any atom is -0.349 e. The Morgan fingerprint density at radius 1 is 0.957 bits per heavy atom. The molecular formula is C21H21NO. The lowest BCUT2D eigenvalue weighted by molar-refractivity contribution is -0.121. The van der Waals surface area contributed by atoms with E-state index in [2.05, 4.69) is 42.6 Å². The highest BCUT2D eigenvalue weighted by Gasteiger charge is 2.12. The van der Waals surface area contributed by atoms with Gasteiger partial charge >= 0.3 is 0 Å². The molecule has 2 nitrogen and oxygen atoms in total. The molecule has 0 fully saturated rings. The topological polar surface area (TPSA) is 29.1 Å². The minimum absolute atomic E-state index is 0.0127. The highest BCUT2D eigenvalue weighted by molar-refractivity contribution is 5.90. The Bertz CT molecular complexity index is 833.